The number of allylic oxidation sites excluding steroid dienone is 3. The minimum Gasteiger partial charge on any atom is -0.392 e. The number of rotatable bonds is 6. The topological polar surface area (TPSA) is 60.7 Å². The van der Waals surface area contributed by atoms with Crippen LogP contribution in [-0.2, 0) is 0 Å². The SMILES string of the molecule is C=C1C(=CC=C2CCC[C@]3(C)[C@@H]([C@@H](C)CCCC(C)(C)O)CC[C@@H]23)C[C@@H](O)[C@H](C)[C@@H]1O. The second kappa shape index (κ2) is 9.53. The van der Waals surface area contributed by atoms with Crippen LogP contribution >= 0.6 is 0 Å². The van der Waals surface area contributed by atoms with Gasteiger partial charge in [-0.15, -0.1) is 0 Å². The summed E-state index contributed by atoms with van der Waals surface area (Å²) in [4.78, 5) is 0. The highest BCUT2D eigenvalue weighted by atomic mass is 16.3. The average Bonchev–Trinajstić information content (AvgIpc) is 3.04. The smallest absolute Gasteiger partial charge is 0.0837 e. The standard InChI is InChI=1S/C28H46O3/c1-18(9-7-15-27(4,5)31)23-13-14-24-21(10-8-16-28(23,24)6)11-12-22-17-25(29)20(3)26(30)19(22)2/h11-12,18,20,23-26,29-31H,2,7-10,13-17H2,1,3-6H3/t18-,20-,23+,24-,25+,26+,28+/m0/s1. The molecule has 3 aliphatic carbocycles. The first-order valence-electron chi connectivity index (χ1n) is 12.6. The lowest BCUT2D eigenvalue weighted by atomic mass is 9.60. The van der Waals surface area contributed by atoms with E-state index < -0.39 is 17.8 Å². The predicted octanol–water partition coefficient (Wildman–Crippen LogP) is 5.95. The molecule has 0 aromatic rings. The molecular formula is C28H46O3. The number of hydrogen-bond acceptors (Lipinski definition) is 3. The molecule has 0 aromatic heterocycles. The van der Waals surface area contributed by atoms with E-state index in [1.807, 2.05) is 20.8 Å². The van der Waals surface area contributed by atoms with Gasteiger partial charge in [0.05, 0.1) is 17.8 Å². The summed E-state index contributed by atoms with van der Waals surface area (Å²) in [6, 6.07) is 0. The number of hydrogen-bond donors (Lipinski definition) is 3. The molecule has 0 bridgehead atoms. The molecule has 7 atom stereocenters. The van der Waals surface area contributed by atoms with Crippen LogP contribution in [-0.4, -0.2) is 33.1 Å². The third-order valence-electron chi connectivity index (χ3n) is 8.97. The minimum atomic E-state index is -0.648. The summed E-state index contributed by atoms with van der Waals surface area (Å²) in [6.07, 6.45) is 13.4. The van der Waals surface area contributed by atoms with Gasteiger partial charge in [-0.25, -0.2) is 0 Å². The maximum absolute atomic E-state index is 10.4. The third kappa shape index (κ3) is 5.37. The van der Waals surface area contributed by atoms with Gasteiger partial charge in [0.25, 0.3) is 0 Å². The minimum absolute atomic E-state index is 0.149. The molecule has 0 aliphatic heterocycles. The molecule has 0 aromatic carbocycles. The Hall–Kier alpha value is -0.900. The Morgan fingerprint density at radius 2 is 1.94 bits per heavy atom. The second-order valence-electron chi connectivity index (χ2n) is 11.8. The molecule has 3 aliphatic rings. The second-order valence-corrected chi connectivity index (χ2v) is 11.8. The molecule has 0 spiro atoms. The molecule has 0 radical (unpaired) electrons. The van der Waals surface area contributed by atoms with E-state index in [0.717, 1.165) is 36.3 Å². The quantitative estimate of drug-likeness (QED) is 0.488. The predicted molar refractivity (Wildman–Crippen MR) is 129 cm³/mol. The zero-order chi connectivity index (χ0) is 23.0. The monoisotopic (exact) mass is 430 g/mol. The average molecular weight is 431 g/mol. The van der Waals surface area contributed by atoms with Crippen LogP contribution in [0, 0.1) is 29.1 Å². The fourth-order valence-electron chi connectivity index (χ4n) is 6.91. The Morgan fingerprint density at radius 3 is 2.61 bits per heavy atom. The molecule has 3 fully saturated rings. The van der Waals surface area contributed by atoms with Gasteiger partial charge in [0, 0.05) is 5.92 Å². The highest BCUT2D eigenvalue weighted by Gasteiger charge is 2.50. The molecule has 3 N–H and O–H groups in total. The molecule has 31 heavy (non-hydrogen) atoms. The zero-order valence-electron chi connectivity index (χ0n) is 20.5. The van der Waals surface area contributed by atoms with Crippen molar-refractivity contribution in [3.8, 4) is 0 Å². The first-order valence-corrected chi connectivity index (χ1v) is 12.6. The summed E-state index contributed by atoms with van der Waals surface area (Å²) < 4.78 is 0. The van der Waals surface area contributed by atoms with E-state index in [1.54, 1.807) is 5.57 Å². The number of fused-ring (bicyclic) bond motifs is 1. The van der Waals surface area contributed by atoms with Crippen LogP contribution in [0.3, 0.4) is 0 Å². The molecule has 0 heterocycles. The highest BCUT2D eigenvalue weighted by Crippen LogP contribution is 2.60. The summed E-state index contributed by atoms with van der Waals surface area (Å²) in [5.74, 6) is 1.94. The summed E-state index contributed by atoms with van der Waals surface area (Å²) in [5.41, 5.74) is 3.15. The van der Waals surface area contributed by atoms with Crippen LogP contribution in [0.1, 0.15) is 92.4 Å². The van der Waals surface area contributed by atoms with E-state index >= 15 is 0 Å². The summed E-state index contributed by atoms with van der Waals surface area (Å²) in [6.45, 7) is 14.8. The van der Waals surface area contributed by atoms with Crippen LogP contribution in [0.25, 0.3) is 0 Å². The van der Waals surface area contributed by atoms with Crippen molar-refractivity contribution in [3.05, 3.63) is 35.5 Å². The zero-order valence-corrected chi connectivity index (χ0v) is 20.5. The van der Waals surface area contributed by atoms with Gasteiger partial charge in [0.15, 0.2) is 0 Å². The highest BCUT2D eigenvalue weighted by molar-refractivity contribution is 5.39. The van der Waals surface area contributed by atoms with Gasteiger partial charge in [0.1, 0.15) is 0 Å². The van der Waals surface area contributed by atoms with Crippen LogP contribution in [0.15, 0.2) is 35.5 Å². The lowest BCUT2D eigenvalue weighted by molar-refractivity contribution is 0.0283. The van der Waals surface area contributed by atoms with Crippen molar-refractivity contribution in [2.45, 2.75) is 110 Å². The van der Waals surface area contributed by atoms with Gasteiger partial charge in [0.2, 0.25) is 0 Å². The Kier molecular flexibility index (Phi) is 7.61. The Bertz CT molecular complexity index is 712. The fourth-order valence-corrected chi connectivity index (χ4v) is 6.91. The van der Waals surface area contributed by atoms with E-state index in [4.69, 9.17) is 0 Å². The van der Waals surface area contributed by atoms with Gasteiger partial charge in [-0.1, -0.05) is 57.9 Å². The Morgan fingerprint density at radius 1 is 1.23 bits per heavy atom. The molecule has 0 unspecified atom stereocenters. The summed E-state index contributed by atoms with van der Waals surface area (Å²) in [7, 11) is 0. The van der Waals surface area contributed by atoms with E-state index in [9.17, 15) is 15.3 Å². The van der Waals surface area contributed by atoms with Crippen molar-refractivity contribution >= 4 is 0 Å². The molecule has 0 saturated heterocycles. The van der Waals surface area contributed by atoms with Crippen LogP contribution < -0.4 is 0 Å². The summed E-state index contributed by atoms with van der Waals surface area (Å²) in [5, 5.41) is 30.7. The maximum Gasteiger partial charge on any atom is 0.0837 e. The lowest BCUT2D eigenvalue weighted by Crippen LogP contribution is -2.36. The third-order valence-corrected chi connectivity index (χ3v) is 8.97. The Balaban J connectivity index is 1.71. The van der Waals surface area contributed by atoms with Crippen molar-refractivity contribution in [3.63, 3.8) is 0 Å². The van der Waals surface area contributed by atoms with E-state index in [-0.39, 0.29) is 5.92 Å². The number of aliphatic hydroxyl groups is 3. The molecule has 0 amide bonds. The van der Waals surface area contributed by atoms with Gasteiger partial charge in [-0.05, 0) is 93.1 Å². The van der Waals surface area contributed by atoms with Gasteiger partial charge < -0.3 is 15.3 Å². The Labute approximate surface area is 190 Å². The van der Waals surface area contributed by atoms with Crippen molar-refractivity contribution in [1.29, 1.82) is 0 Å². The largest absolute Gasteiger partial charge is 0.392 e. The van der Waals surface area contributed by atoms with Crippen LogP contribution in [0.2, 0.25) is 0 Å². The maximum atomic E-state index is 10.4. The van der Waals surface area contributed by atoms with E-state index in [0.29, 0.717) is 23.7 Å². The molecule has 3 rings (SSSR count). The van der Waals surface area contributed by atoms with Crippen LogP contribution in [0.5, 0.6) is 0 Å². The molecule has 3 nitrogen and oxygen atoms in total. The molecule has 176 valence electrons. The fraction of sp³-hybridized carbons (Fsp3) is 0.786. The van der Waals surface area contributed by atoms with Crippen molar-refractivity contribution < 1.29 is 15.3 Å². The van der Waals surface area contributed by atoms with Gasteiger partial charge >= 0.3 is 0 Å². The normalized spacial score (nSPS) is 40.4. The van der Waals surface area contributed by atoms with Crippen molar-refractivity contribution in [2.24, 2.45) is 29.1 Å². The van der Waals surface area contributed by atoms with Gasteiger partial charge in [-0.3, -0.25) is 0 Å². The number of aliphatic hydroxyl groups excluding tert-OH is 2. The first-order chi connectivity index (χ1) is 14.4. The molecular weight excluding hydrogens is 384 g/mol. The van der Waals surface area contributed by atoms with Gasteiger partial charge in [-0.2, -0.15) is 0 Å². The summed E-state index contributed by atoms with van der Waals surface area (Å²) >= 11 is 0. The first kappa shape index (κ1) is 24.7. The van der Waals surface area contributed by atoms with E-state index in [1.165, 1.54) is 32.1 Å². The van der Waals surface area contributed by atoms with Crippen LogP contribution in [0.4, 0.5) is 0 Å². The van der Waals surface area contributed by atoms with Crippen molar-refractivity contribution in [2.75, 3.05) is 0 Å². The molecule has 3 heteroatoms. The molecule has 3 saturated carbocycles. The lowest BCUT2D eigenvalue weighted by Gasteiger charge is -2.44. The van der Waals surface area contributed by atoms with Crippen molar-refractivity contribution in [1.82, 2.24) is 0 Å². The van der Waals surface area contributed by atoms with E-state index in [2.05, 4.69) is 32.6 Å².